The number of aromatic hydroxyl groups is 1. The smallest absolute Gasteiger partial charge is 0.251 e. The Balaban J connectivity index is 2.13. The van der Waals surface area contributed by atoms with Gasteiger partial charge in [-0.1, -0.05) is 18.5 Å². The standard InChI is InChI=1S/C15H18ClN3O2/c1-3-13(11-8-17-19(4-2)9-11)18-15(21)10-5-6-14(20)12(16)7-10/h5-9,13,20H,3-4H2,1-2H3,(H,18,21)/t13-/m0/s1. The molecule has 0 spiro atoms. The highest BCUT2D eigenvalue weighted by Gasteiger charge is 2.16. The van der Waals surface area contributed by atoms with Crippen molar-refractivity contribution in [3.8, 4) is 5.75 Å². The number of rotatable bonds is 5. The number of benzene rings is 1. The maximum atomic E-state index is 12.2. The first-order valence-corrected chi connectivity index (χ1v) is 7.24. The molecule has 2 N–H and O–H groups in total. The Bertz CT molecular complexity index is 640. The number of hydrogen-bond donors (Lipinski definition) is 2. The summed E-state index contributed by atoms with van der Waals surface area (Å²) in [6, 6.07) is 4.30. The van der Waals surface area contributed by atoms with Crippen molar-refractivity contribution in [1.82, 2.24) is 15.1 Å². The molecule has 2 rings (SSSR count). The second-order valence-electron chi connectivity index (χ2n) is 4.73. The van der Waals surface area contributed by atoms with Crippen LogP contribution in [0.3, 0.4) is 0 Å². The number of aromatic nitrogens is 2. The van der Waals surface area contributed by atoms with Gasteiger partial charge in [0.1, 0.15) is 5.75 Å². The van der Waals surface area contributed by atoms with Crippen LogP contribution in [0.1, 0.15) is 42.2 Å². The first-order chi connectivity index (χ1) is 10.0. The zero-order valence-corrected chi connectivity index (χ0v) is 12.8. The van der Waals surface area contributed by atoms with Gasteiger partial charge >= 0.3 is 0 Å². The van der Waals surface area contributed by atoms with Gasteiger partial charge in [-0.05, 0) is 31.5 Å². The summed E-state index contributed by atoms with van der Waals surface area (Å²) in [6.07, 6.45) is 4.45. The lowest BCUT2D eigenvalue weighted by Crippen LogP contribution is -2.27. The minimum Gasteiger partial charge on any atom is -0.506 e. The molecule has 0 aliphatic rings. The Morgan fingerprint density at radius 3 is 2.81 bits per heavy atom. The Hall–Kier alpha value is -2.01. The van der Waals surface area contributed by atoms with E-state index in [-0.39, 0.29) is 22.7 Å². The number of nitrogens with zero attached hydrogens (tertiary/aromatic N) is 2. The first-order valence-electron chi connectivity index (χ1n) is 6.86. The molecule has 112 valence electrons. The van der Waals surface area contributed by atoms with Crippen LogP contribution in [-0.4, -0.2) is 20.8 Å². The third-order valence-corrected chi connectivity index (χ3v) is 3.61. The fourth-order valence-electron chi connectivity index (χ4n) is 2.04. The fourth-order valence-corrected chi connectivity index (χ4v) is 2.22. The van der Waals surface area contributed by atoms with Crippen molar-refractivity contribution < 1.29 is 9.90 Å². The zero-order chi connectivity index (χ0) is 15.4. The number of phenolic OH excluding ortho intramolecular Hbond substituents is 1. The maximum Gasteiger partial charge on any atom is 0.251 e. The SMILES string of the molecule is CC[C@H](NC(=O)c1ccc(O)c(Cl)c1)c1cnn(CC)c1. The van der Waals surface area contributed by atoms with Gasteiger partial charge in [0.25, 0.3) is 5.91 Å². The minimum absolute atomic E-state index is 0.0375. The Labute approximate surface area is 128 Å². The molecule has 0 bridgehead atoms. The maximum absolute atomic E-state index is 12.2. The van der Waals surface area contributed by atoms with Gasteiger partial charge < -0.3 is 10.4 Å². The predicted octanol–water partition coefficient (Wildman–Crippen LogP) is 3.14. The van der Waals surface area contributed by atoms with Crippen LogP contribution in [0.15, 0.2) is 30.6 Å². The van der Waals surface area contributed by atoms with Gasteiger partial charge in [-0.3, -0.25) is 9.48 Å². The molecule has 1 amide bonds. The van der Waals surface area contributed by atoms with Gasteiger partial charge in [0.15, 0.2) is 0 Å². The van der Waals surface area contributed by atoms with Crippen LogP contribution in [0, 0.1) is 0 Å². The molecular weight excluding hydrogens is 290 g/mol. The lowest BCUT2D eigenvalue weighted by molar-refractivity contribution is 0.0935. The molecule has 2 aromatic rings. The Kier molecular flexibility index (Phi) is 4.85. The first kappa shape index (κ1) is 15.4. The van der Waals surface area contributed by atoms with Gasteiger partial charge in [0.2, 0.25) is 0 Å². The average Bonchev–Trinajstić information content (AvgIpc) is 2.96. The minimum atomic E-state index is -0.229. The van der Waals surface area contributed by atoms with E-state index in [1.807, 2.05) is 24.7 Å². The summed E-state index contributed by atoms with van der Waals surface area (Å²) in [7, 11) is 0. The van der Waals surface area contributed by atoms with Crippen LogP contribution < -0.4 is 5.32 Å². The zero-order valence-electron chi connectivity index (χ0n) is 12.0. The van der Waals surface area contributed by atoms with E-state index in [9.17, 15) is 9.90 Å². The van der Waals surface area contributed by atoms with Crippen LogP contribution >= 0.6 is 11.6 Å². The highest BCUT2D eigenvalue weighted by atomic mass is 35.5. The molecule has 0 fully saturated rings. The normalized spacial score (nSPS) is 12.1. The number of nitrogens with one attached hydrogen (secondary N) is 1. The molecule has 0 aliphatic carbocycles. The summed E-state index contributed by atoms with van der Waals surface area (Å²) in [5, 5.41) is 16.7. The van der Waals surface area contributed by atoms with Gasteiger partial charge in [-0.25, -0.2) is 0 Å². The van der Waals surface area contributed by atoms with E-state index in [1.165, 1.54) is 12.1 Å². The van der Waals surface area contributed by atoms with Crippen LogP contribution in [0.5, 0.6) is 5.75 Å². The van der Waals surface area contributed by atoms with E-state index in [0.717, 1.165) is 18.5 Å². The highest BCUT2D eigenvalue weighted by Crippen LogP contribution is 2.24. The third kappa shape index (κ3) is 3.55. The number of amides is 1. The fraction of sp³-hybridized carbons (Fsp3) is 0.333. The Morgan fingerprint density at radius 2 is 2.24 bits per heavy atom. The highest BCUT2D eigenvalue weighted by molar-refractivity contribution is 6.32. The van der Waals surface area contributed by atoms with Gasteiger partial charge in [-0.15, -0.1) is 0 Å². The molecule has 5 nitrogen and oxygen atoms in total. The summed E-state index contributed by atoms with van der Waals surface area (Å²) in [5.74, 6) is -0.266. The van der Waals surface area contributed by atoms with Crippen molar-refractivity contribution in [3.63, 3.8) is 0 Å². The van der Waals surface area contributed by atoms with E-state index in [4.69, 9.17) is 11.6 Å². The van der Waals surface area contributed by atoms with Crippen molar-refractivity contribution in [1.29, 1.82) is 0 Å². The van der Waals surface area contributed by atoms with E-state index in [0.29, 0.717) is 5.56 Å². The summed E-state index contributed by atoms with van der Waals surface area (Å²) in [4.78, 5) is 12.2. The molecule has 0 unspecified atom stereocenters. The summed E-state index contributed by atoms with van der Waals surface area (Å²) >= 11 is 5.82. The number of hydrogen-bond acceptors (Lipinski definition) is 3. The monoisotopic (exact) mass is 307 g/mol. The van der Waals surface area contributed by atoms with Crippen molar-refractivity contribution in [2.75, 3.05) is 0 Å². The predicted molar refractivity (Wildman–Crippen MR) is 81.5 cm³/mol. The van der Waals surface area contributed by atoms with E-state index in [2.05, 4.69) is 10.4 Å². The summed E-state index contributed by atoms with van der Waals surface area (Å²) in [5.41, 5.74) is 1.39. The Morgan fingerprint density at radius 1 is 1.48 bits per heavy atom. The summed E-state index contributed by atoms with van der Waals surface area (Å²) < 4.78 is 1.82. The topological polar surface area (TPSA) is 67.2 Å². The summed E-state index contributed by atoms with van der Waals surface area (Å²) in [6.45, 7) is 4.80. The molecule has 1 atom stereocenters. The largest absolute Gasteiger partial charge is 0.506 e. The molecule has 1 aromatic carbocycles. The molecular formula is C15H18ClN3O2. The van der Waals surface area contributed by atoms with Crippen molar-refractivity contribution in [2.45, 2.75) is 32.9 Å². The lowest BCUT2D eigenvalue weighted by Gasteiger charge is -2.15. The van der Waals surface area contributed by atoms with Crippen molar-refractivity contribution in [2.24, 2.45) is 0 Å². The van der Waals surface area contributed by atoms with E-state index in [1.54, 1.807) is 12.3 Å². The quantitative estimate of drug-likeness (QED) is 0.891. The molecule has 0 saturated carbocycles. The van der Waals surface area contributed by atoms with Crippen molar-refractivity contribution in [3.05, 3.63) is 46.7 Å². The second kappa shape index (κ2) is 6.63. The lowest BCUT2D eigenvalue weighted by atomic mass is 10.1. The number of halogens is 1. The van der Waals surface area contributed by atoms with Gasteiger partial charge in [0, 0.05) is 23.9 Å². The molecule has 1 aromatic heterocycles. The molecule has 0 saturated heterocycles. The van der Waals surface area contributed by atoms with Crippen LogP contribution in [0.4, 0.5) is 0 Å². The number of carbonyl (C=O) groups is 1. The average molecular weight is 308 g/mol. The third-order valence-electron chi connectivity index (χ3n) is 3.30. The van der Waals surface area contributed by atoms with Crippen LogP contribution in [-0.2, 0) is 6.54 Å². The number of carbonyl (C=O) groups excluding carboxylic acids is 1. The number of aryl methyl sites for hydroxylation is 1. The molecule has 0 aliphatic heterocycles. The molecule has 0 radical (unpaired) electrons. The number of phenols is 1. The second-order valence-corrected chi connectivity index (χ2v) is 5.14. The van der Waals surface area contributed by atoms with Crippen molar-refractivity contribution >= 4 is 17.5 Å². The van der Waals surface area contributed by atoms with E-state index >= 15 is 0 Å². The van der Waals surface area contributed by atoms with Crippen LogP contribution in [0.2, 0.25) is 5.02 Å². The molecule has 1 heterocycles. The molecule has 6 heteroatoms. The van der Waals surface area contributed by atoms with Gasteiger partial charge in [-0.2, -0.15) is 5.10 Å². The van der Waals surface area contributed by atoms with E-state index < -0.39 is 0 Å². The van der Waals surface area contributed by atoms with Gasteiger partial charge in [0.05, 0.1) is 17.3 Å². The molecule has 21 heavy (non-hydrogen) atoms. The van der Waals surface area contributed by atoms with Crippen LogP contribution in [0.25, 0.3) is 0 Å².